The summed E-state index contributed by atoms with van der Waals surface area (Å²) in [4.78, 5) is 14.0. The molecule has 0 saturated heterocycles. The summed E-state index contributed by atoms with van der Waals surface area (Å²) in [5, 5.41) is 22.6. The third kappa shape index (κ3) is 13.2. The van der Waals surface area contributed by atoms with Crippen LogP contribution in [0.2, 0.25) is 0 Å². The maximum atomic E-state index is 11.0. The van der Waals surface area contributed by atoms with Crippen molar-refractivity contribution in [1.82, 2.24) is 15.0 Å². The van der Waals surface area contributed by atoms with Crippen molar-refractivity contribution in [2.75, 3.05) is 5.75 Å². The predicted octanol–water partition coefficient (Wildman–Crippen LogP) is 11.7. The fourth-order valence-corrected chi connectivity index (χ4v) is 6.35. The van der Waals surface area contributed by atoms with E-state index >= 15 is 0 Å². The Balaban J connectivity index is 1.94. The SMILES string of the molecule is CCCCCCCCSc1nc(Oc2cc(CCCC)c(O)c(CCCC)c2)nc(Oc2cc(CCCC)c(O)c(CCCC)c2)n1. The first-order valence-corrected chi connectivity index (χ1v) is 19.3. The Labute approximate surface area is 288 Å². The number of phenols is 2. The molecule has 1 aromatic heterocycles. The van der Waals surface area contributed by atoms with Crippen LogP contribution in [0.15, 0.2) is 29.4 Å². The molecule has 3 rings (SSSR count). The number of aromatic hydroxyl groups is 2. The van der Waals surface area contributed by atoms with Gasteiger partial charge in [-0.2, -0.15) is 9.97 Å². The zero-order valence-corrected chi connectivity index (χ0v) is 30.5. The van der Waals surface area contributed by atoms with Crippen molar-refractivity contribution >= 4 is 11.8 Å². The number of hydrogen-bond acceptors (Lipinski definition) is 8. The van der Waals surface area contributed by atoms with Gasteiger partial charge in [0.15, 0.2) is 5.16 Å². The molecule has 2 aromatic carbocycles. The van der Waals surface area contributed by atoms with Crippen LogP contribution in [0.1, 0.15) is 147 Å². The molecule has 0 bridgehead atoms. The molecule has 47 heavy (non-hydrogen) atoms. The lowest BCUT2D eigenvalue weighted by atomic mass is 9.99. The highest BCUT2D eigenvalue weighted by Crippen LogP contribution is 2.35. The Morgan fingerprint density at radius 1 is 0.489 bits per heavy atom. The molecule has 0 aliphatic carbocycles. The lowest BCUT2D eigenvalue weighted by Gasteiger charge is -2.15. The van der Waals surface area contributed by atoms with E-state index in [2.05, 4.69) is 49.6 Å². The van der Waals surface area contributed by atoms with E-state index < -0.39 is 0 Å². The second kappa shape index (κ2) is 21.8. The summed E-state index contributed by atoms with van der Waals surface area (Å²) < 4.78 is 12.7. The van der Waals surface area contributed by atoms with Crippen LogP contribution >= 0.6 is 11.8 Å². The Morgan fingerprint density at radius 3 is 1.23 bits per heavy atom. The van der Waals surface area contributed by atoms with Gasteiger partial charge in [-0.25, -0.2) is 0 Å². The minimum Gasteiger partial charge on any atom is -0.507 e. The molecule has 260 valence electrons. The molecule has 8 heteroatoms. The van der Waals surface area contributed by atoms with Crippen LogP contribution in [0, 0.1) is 0 Å². The molecule has 0 fully saturated rings. The summed E-state index contributed by atoms with van der Waals surface area (Å²) in [7, 11) is 0. The number of hydrogen-bond donors (Lipinski definition) is 2. The Hall–Kier alpha value is -3.00. The number of ether oxygens (including phenoxy) is 2. The van der Waals surface area contributed by atoms with Crippen LogP contribution in [0.25, 0.3) is 0 Å². The number of benzene rings is 2. The first-order valence-electron chi connectivity index (χ1n) is 18.4. The van der Waals surface area contributed by atoms with E-state index in [1.54, 1.807) is 11.8 Å². The molecule has 0 aliphatic heterocycles. The molecule has 0 amide bonds. The highest BCUT2D eigenvalue weighted by Gasteiger charge is 2.17. The quantitative estimate of drug-likeness (QED) is 0.0720. The largest absolute Gasteiger partial charge is 0.507 e. The Kier molecular flexibility index (Phi) is 17.8. The van der Waals surface area contributed by atoms with E-state index in [1.165, 1.54) is 32.1 Å². The predicted molar refractivity (Wildman–Crippen MR) is 195 cm³/mol. The number of rotatable bonds is 24. The molecular formula is C39H59N3O4S. The van der Waals surface area contributed by atoms with Gasteiger partial charge in [0.2, 0.25) is 0 Å². The second-order valence-corrected chi connectivity index (χ2v) is 13.7. The Morgan fingerprint density at radius 2 is 0.851 bits per heavy atom. The molecule has 0 spiro atoms. The minimum atomic E-state index is 0.171. The zero-order valence-electron chi connectivity index (χ0n) is 29.7. The van der Waals surface area contributed by atoms with Crippen molar-refractivity contribution in [2.45, 2.75) is 155 Å². The fraction of sp³-hybridized carbons (Fsp3) is 0.615. The third-order valence-corrected chi connectivity index (χ3v) is 9.34. The number of phenolic OH excluding ortho intramolecular Hbond substituents is 2. The highest BCUT2D eigenvalue weighted by molar-refractivity contribution is 7.99. The summed E-state index contributed by atoms with van der Waals surface area (Å²) in [6.45, 7) is 10.8. The first kappa shape index (κ1) is 38.4. The topological polar surface area (TPSA) is 97.6 Å². The van der Waals surface area contributed by atoms with Gasteiger partial charge in [-0.3, -0.25) is 0 Å². The third-order valence-electron chi connectivity index (χ3n) is 8.40. The van der Waals surface area contributed by atoms with Crippen LogP contribution in [-0.4, -0.2) is 30.9 Å². The van der Waals surface area contributed by atoms with E-state index in [0.29, 0.717) is 28.2 Å². The van der Waals surface area contributed by atoms with Crippen LogP contribution in [-0.2, 0) is 25.7 Å². The monoisotopic (exact) mass is 665 g/mol. The minimum absolute atomic E-state index is 0.171. The van der Waals surface area contributed by atoms with Crippen molar-refractivity contribution in [3.63, 3.8) is 0 Å². The van der Waals surface area contributed by atoms with Gasteiger partial charge in [-0.15, -0.1) is 4.98 Å². The Bertz CT molecular complexity index is 1200. The van der Waals surface area contributed by atoms with E-state index in [-0.39, 0.29) is 12.0 Å². The van der Waals surface area contributed by atoms with Gasteiger partial charge >= 0.3 is 12.0 Å². The highest BCUT2D eigenvalue weighted by atomic mass is 32.2. The fourth-order valence-electron chi connectivity index (χ4n) is 5.54. The number of aromatic nitrogens is 3. The lowest BCUT2D eigenvalue weighted by Crippen LogP contribution is -2.02. The van der Waals surface area contributed by atoms with Crippen LogP contribution in [0.5, 0.6) is 35.0 Å². The van der Waals surface area contributed by atoms with E-state index in [4.69, 9.17) is 9.47 Å². The van der Waals surface area contributed by atoms with Gasteiger partial charge < -0.3 is 19.7 Å². The number of aryl methyl sites for hydroxylation is 4. The average Bonchev–Trinajstić information content (AvgIpc) is 3.06. The van der Waals surface area contributed by atoms with Gasteiger partial charge in [-0.1, -0.05) is 104 Å². The summed E-state index contributed by atoms with van der Waals surface area (Å²) >= 11 is 1.59. The van der Waals surface area contributed by atoms with Gasteiger partial charge in [0.25, 0.3) is 0 Å². The summed E-state index contributed by atoms with van der Waals surface area (Å²) in [6, 6.07) is 7.99. The molecule has 1 heterocycles. The van der Waals surface area contributed by atoms with Gasteiger partial charge in [0.1, 0.15) is 23.0 Å². The van der Waals surface area contributed by atoms with E-state index in [0.717, 1.165) is 111 Å². The molecule has 0 radical (unpaired) electrons. The smallest absolute Gasteiger partial charge is 0.329 e. The van der Waals surface area contributed by atoms with Crippen LogP contribution < -0.4 is 9.47 Å². The summed E-state index contributed by atoms with van der Waals surface area (Å²) in [5.41, 5.74) is 3.56. The molecule has 2 N–H and O–H groups in total. The lowest BCUT2D eigenvalue weighted by molar-refractivity contribution is 0.383. The standard InChI is InChI=1S/C39H59N3O4S/c1-6-11-16-17-18-19-24-47-39-41-37(45-33-25-29(20-12-7-2)35(43)30(26-33)21-13-8-3)40-38(42-39)46-34-27-31(22-14-9-4)36(44)32(28-34)23-15-10-5/h25-28,43-44H,6-24H2,1-5H3. The summed E-state index contributed by atoms with van der Waals surface area (Å²) in [6.07, 6.45) is 18.6. The molecule has 0 unspecified atom stereocenters. The first-order chi connectivity index (χ1) is 22.9. The van der Waals surface area contributed by atoms with Crippen molar-refractivity contribution in [1.29, 1.82) is 0 Å². The van der Waals surface area contributed by atoms with Gasteiger partial charge in [0.05, 0.1) is 0 Å². The van der Waals surface area contributed by atoms with Crippen LogP contribution in [0.4, 0.5) is 0 Å². The molecule has 0 atom stereocenters. The molecule has 0 saturated carbocycles. The normalized spacial score (nSPS) is 11.3. The number of nitrogens with zero attached hydrogens (tertiary/aromatic N) is 3. The van der Waals surface area contributed by atoms with E-state index in [9.17, 15) is 10.2 Å². The average molecular weight is 666 g/mol. The number of unbranched alkanes of at least 4 members (excludes halogenated alkanes) is 9. The van der Waals surface area contributed by atoms with E-state index in [1.807, 2.05) is 24.3 Å². The molecule has 7 nitrogen and oxygen atoms in total. The summed E-state index contributed by atoms with van der Waals surface area (Å²) in [5.74, 6) is 2.87. The van der Waals surface area contributed by atoms with Crippen molar-refractivity contribution in [2.24, 2.45) is 0 Å². The van der Waals surface area contributed by atoms with Gasteiger partial charge in [0, 0.05) is 5.75 Å². The maximum absolute atomic E-state index is 11.0. The number of thioether (sulfide) groups is 1. The molecule has 3 aromatic rings. The second-order valence-electron chi connectivity index (χ2n) is 12.6. The molecule has 0 aliphatic rings. The maximum Gasteiger partial charge on any atom is 0.329 e. The zero-order chi connectivity index (χ0) is 33.9. The molecular weight excluding hydrogens is 607 g/mol. The van der Waals surface area contributed by atoms with Gasteiger partial charge in [-0.05, 0) is 104 Å². The van der Waals surface area contributed by atoms with Crippen molar-refractivity contribution in [3.8, 4) is 35.0 Å². The van der Waals surface area contributed by atoms with Crippen molar-refractivity contribution in [3.05, 3.63) is 46.5 Å². The van der Waals surface area contributed by atoms with Crippen LogP contribution in [0.3, 0.4) is 0 Å². The van der Waals surface area contributed by atoms with Crippen molar-refractivity contribution < 1.29 is 19.7 Å².